The Kier molecular flexibility index (Phi) is 6.75. The van der Waals surface area contributed by atoms with Gasteiger partial charge in [0.05, 0.1) is 17.9 Å². The third kappa shape index (κ3) is 3.70. The number of amides is 2. The summed E-state index contributed by atoms with van der Waals surface area (Å²) in [6.45, 7) is 6.70. The van der Waals surface area contributed by atoms with Crippen molar-refractivity contribution >= 4 is 29.0 Å². The van der Waals surface area contributed by atoms with E-state index in [1.807, 2.05) is 6.92 Å². The second-order valence-corrected chi connectivity index (χ2v) is 8.25. The van der Waals surface area contributed by atoms with E-state index >= 15 is 0 Å². The van der Waals surface area contributed by atoms with Crippen LogP contribution in [-0.2, 0) is 24.7 Å². The summed E-state index contributed by atoms with van der Waals surface area (Å²) in [5.41, 5.74) is -0.697. The van der Waals surface area contributed by atoms with Gasteiger partial charge in [-0.05, 0) is 43.7 Å². The molecule has 2 aliphatic rings. The molecule has 35 heavy (non-hydrogen) atoms. The molecule has 2 aliphatic heterocycles. The van der Waals surface area contributed by atoms with Crippen molar-refractivity contribution in [2.45, 2.75) is 18.9 Å². The van der Waals surface area contributed by atoms with E-state index < -0.39 is 28.9 Å². The summed E-state index contributed by atoms with van der Waals surface area (Å²) in [5, 5.41) is 11.4. The van der Waals surface area contributed by atoms with Gasteiger partial charge in [-0.3, -0.25) is 14.4 Å². The summed E-state index contributed by atoms with van der Waals surface area (Å²) >= 11 is 0. The average Bonchev–Trinajstić information content (AvgIpc) is 3.24. The number of ether oxygens (including phenoxy) is 2. The molecule has 2 aromatic rings. The molecular formula is C27H28N2O6. The van der Waals surface area contributed by atoms with Crippen LogP contribution in [0.15, 0.2) is 66.8 Å². The van der Waals surface area contributed by atoms with E-state index in [2.05, 4.69) is 6.58 Å². The molecule has 2 heterocycles. The first-order valence-electron chi connectivity index (χ1n) is 11.5. The highest BCUT2D eigenvalue weighted by Gasteiger charge is 2.66. The van der Waals surface area contributed by atoms with E-state index in [1.54, 1.807) is 54.6 Å². The van der Waals surface area contributed by atoms with Gasteiger partial charge in [-0.25, -0.2) is 0 Å². The lowest BCUT2D eigenvalue weighted by atomic mass is 9.82. The van der Waals surface area contributed by atoms with E-state index in [0.29, 0.717) is 42.2 Å². The van der Waals surface area contributed by atoms with Crippen LogP contribution in [0.1, 0.15) is 24.5 Å². The smallest absolute Gasteiger partial charge is 0.296 e. The monoisotopic (exact) mass is 476 g/mol. The number of fused-ring (bicyclic) bond motifs is 2. The predicted octanol–water partition coefficient (Wildman–Crippen LogP) is 3.23. The number of Topliss-reactive ketones (excluding diaryl/α,β-unsaturated/α-hetero) is 1. The summed E-state index contributed by atoms with van der Waals surface area (Å²) < 4.78 is 10.6. The molecule has 1 fully saturated rings. The third-order valence-corrected chi connectivity index (χ3v) is 6.29. The van der Waals surface area contributed by atoms with Gasteiger partial charge < -0.3 is 24.4 Å². The zero-order valence-corrected chi connectivity index (χ0v) is 19.8. The maximum absolute atomic E-state index is 14.1. The highest BCUT2D eigenvalue weighted by atomic mass is 16.5. The summed E-state index contributed by atoms with van der Waals surface area (Å²) in [4.78, 5) is 43.7. The fourth-order valence-electron chi connectivity index (χ4n) is 4.86. The molecule has 1 spiro atoms. The minimum atomic E-state index is -1.79. The largest absolute Gasteiger partial charge is 0.507 e. The number of likely N-dealkylation sites (tertiary alicyclic amines) is 1. The van der Waals surface area contributed by atoms with Crippen LogP contribution in [0.25, 0.3) is 5.76 Å². The van der Waals surface area contributed by atoms with Crippen molar-refractivity contribution in [3.8, 4) is 5.75 Å². The van der Waals surface area contributed by atoms with Crippen LogP contribution in [-0.4, -0.2) is 61.0 Å². The molecular weight excluding hydrogens is 448 g/mol. The van der Waals surface area contributed by atoms with Crippen molar-refractivity contribution in [3.63, 3.8) is 0 Å². The van der Waals surface area contributed by atoms with Gasteiger partial charge in [0.15, 0.2) is 5.54 Å². The van der Waals surface area contributed by atoms with Crippen molar-refractivity contribution in [1.82, 2.24) is 4.90 Å². The lowest BCUT2D eigenvalue weighted by Gasteiger charge is -2.34. The first-order valence-corrected chi connectivity index (χ1v) is 11.5. The third-order valence-electron chi connectivity index (χ3n) is 6.29. The number of aliphatic hydroxyl groups is 1. The van der Waals surface area contributed by atoms with E-state index in [1.165, 1.54) is 16.9 Å². The van der Waals surface area contributed by atoms with Gasteiger partial charge in [0.2, 0.25) is 0 Å². The van der Waals surface area contributed by atoms with Crippen molar-refractivity contribution in [3.05, 3.63) is 77.9 Å². The highest BCUT2D eigenvalue weighted by molar-refractivity contribution is 6.50. The Balaban J connectivity index is 1.97. The number of hydrogen-bond donors (Lipinski definition) is 1. The molecule has 182 valence electrons. The second-order valence-electron chi connectivity index (χ2n) is 8.25. The minimum Gasteiger partial charge on any atom is -0.507 e. The number of ketones is 1. The first kappa shape index (κ1) is 24.2. The first-order chi connectivity index (χ1) is 16.9. The number of carbonyl (C=O) groups excluding carboxylic acids is 3. The van der Waals surface area contributed by atoms with Crippen molar-refractivity contribution < 1.29 is 29.0 Å². The zero-order chi connectivity index (χ0) is 25.2. The zero-order valence-electron chi connectivity index (χ0n) is 19.8. The van der Waals surface area contributed by atoms with Gasteiger partial charge in [0, 0.05) is 37.9 Å². The number of hydrogen-bond acceptors (Lipinski definition) is 6. The SMILES string of the molecule is C=CCN1C(=O)C2(/C(=C(/O)c3ccc(OCC)cc3)C(=O)C(=O)N2CCCOC)c2ccccc21. The molecule has 1 saturated heterocycles. The number of methoxy groups -OCH3 is 1. The Labute approximate surface area is 204 Å². The summed E-state index contributed by atoms with van der Waals surface area (Å²) in [6.07, 6.45) is 1.99. The molecule has 2 aromatic carbocycles. The van der Waals surface area contributed by atoms with Gasteiger partial charge in [0.1, 0.15) is 11.5 Å². The van der Waals surface area contributed by atoms with Crippen LogP contribution < -0.4 is 9.64 Å². The lowest BCUT2D eigenvalue weighted by molar-refractivity contribution is -0.143. The lowest BCUT2D eigenvalue weighted by Crippen LogP contribution is -2.52. The number of nitrogens with zero attached hydrogens (tertiary/aromatic N) is 2. The van der Waals surface area contributed by atoms with Crippen molar-refractivity contribution in [2.24, 2.45) is 0 Å². The number of carbonyl (C=O) groups is 3. The Morgan fingerprint density at radius 3 is 2.49 bits per heavy atom. The summed E-state index contributed by atoms with van der Waals surface area (Å²) in [5.74, 6) is -2.04. The van der Waals surface area contributed by atoms with Gasteiger partial charge >= 0.3 is 0 Å². The summed E-state index contributed by atoms with van der Waals surface area (Å²) in [7, 11) is 1.54. The molecule has 0 radical (unpaired) electrons. The quantitative estimate of drug-likeness (QED) is 0.196. The fraction of sp³-hybridized carbons (Fsp3) is 0.296. The summed E-state index contributed by atoms with van der Waals surface area (Å²) in [6, 6.07) is 13.5. The Morgan fingerprint density at radius 2 is 1.83 bits per heavy atom. The van der Waals surface area contributed by atoms with Crippen LogP contribution in [0.2, 0.25) is 0 Å². The Hall–Kier alpha value is -3.91. The number of benzene rings is 2. The predicted molar refractivity (Wildman–Crippen MR) is 131 cm³/mol. The Morgan fingerprint density at radius 1 is 1.11 bits per heavy atom. The fourth-order valence-corrected chi connectivity index (χ4v) is 4.86. The normalized spacial score (nSPS) is 20.6. The molecule has 4 rings (SSSR count). The van der Waals surface area contributed by atoms with Gasteiger partial charge in [0.25, 0.3) is 17.6 Å². The van der Waals surface area contributed by atoms with Gasteiger partial charge in [-0.2, -0.15) is 0 Å². The van der Waals surface area contributed by atoms with E-state index in [0.717, 1.165) is 0 Å². The average molecular weight is 477 g/mol. The van der Waals surface area contributed by atoms with E-state index in [4.69, 9.17) is 9.47 Å². The minimum absolute atomic E-state index is 0.0977. The maximum atomic E-state index is 14.1. The number of aliphatic hydroxyl groups excluding tert-OH is 1. The second kappa shape index (κ2) is 9.76. The number of rotatable bonds is 9. The number of para-hydroxylation sites is 1. The van der Waals surface area contributed by atoms with Crippen LogP contribution in [0, 0.1) is 0 Å². The topological polar surface area (TPSA) is 96.4 Å². The van der Waals surface area contributed by atoms with Gasteiger partial charge in [-0.15, -0.1) is 6.58 Å². The maximum Gasteiger partial charge on any atom is 0.296 e. The molecule has 0 aliphatic carbocycles. The molecule has 1 N–H and O–H groups in total. The molecule has 2 amide bonds. The number of anilines is 1. The Bertz CT molecular complexity index is 1200. The van der Waals surface area contributed by atoms with E-state index in [-0.39, 0.29) is 18.7 Å². The van der Waals surface area contributed by atoms with Crippen LogP contribution >= 0.6 is 0 Å². The molecule has 1 atom stereocenters. The highest BCUT2D eigenvalue weighted by Crippen LogP contribution is 2.53. The van der Waals surface area contributed by atoms with Gasteiger partial charge in [-0.1, -0.05) is 24.3 Å². The van der Waals surface area contributed by atoms with E-state index in [9.17, 15) is 19.5 Å². The molecule has 0 bridgehead atoms. The molecule has 8 nitrogen and oxygen atoms in total. The van der Waals surface area contributed by atoms with Crippen molar-refractivity contribution in [2.75, 3.05) is 38.3 Å². The van der Waals surface area contributed by atoms with Crippen LogP contribution in [0.5, 0.6) is 5.75 Å². The standard InChI is InChI=1S/C27H28N2O6/c1-4-15-28-21-10-7-6-9-20(21)27(26(28)33)22(24(31)25(32)29(27)16-8-17-34-3)23(30)18-11-13-19(14-12-18)35-5-2/h4,6-7,9-14,30H,1,5,8,15-17H2,2-3H3/b23-22+. The van der Waals surface area contributed by atoms with Crippen LogP contribution in [0.4, 0.5) is 5.69 Å². The molecule has 0 aromatic heterocycles. The van der Waals surface area contributed by atoms with Crippen molar-refractivity contribution in [1.29, 1.82) is 0 Å². The molecule has 8 heteroatoms. The molecule has 0 saturated carbocycles. The molecule has 1 unspecified atom stereocenters. The van der Waals surface area contributed by atoms with Crippen LogP contribution in [0.3, 0.4) is 0 Å².